The van der Waals surface area contributed by atoms with Crippen molar-refractivity contribution < 1.29 is 9.32 Å². The Balaban J connectivity index is 0.00000144. The molecule has 1 aromatic heterocycles. The Hall–Kier alpha value is -0.780. The Morgan fingerprint density at radius 3 is 2.77 bits per heavy atom. The van der Waals surface area contributed by atoms with Gasteiger partial charge in [0.1, 0.15) is 0 Å². The number of halogens is 2. The minimum atomic E-state index is -0.330. The predicted octanol–water partition coefficient (Wildman–Crippen LogP) is 0.591. The Bertz CT molecular complexity index is 281. The number of nitrogens with two attached hydrogens (primary N) is 1. The molecule has 0 saturated carbocycles. The van der Waals surface area contributed by atoms with E-state index >= 15 is 0 Å². The lowest BCUT2D eigenvalue weighted by atomic mass is 10.2. The second kappa shape index (κ2) is 5.06. The van der Waals surface area contributed by atoms with Crippen molar-refractivity contribution in [2.45, 2.75) is 13.3 Å². The number of aromatic nitrogens is 1. The van der Waals surface area contributed by atoms with Gasteiger partial charge in [-0.2, -0.15) is 0 Å². The smallest absolute Gasteiger partial charge is 0.238 e. The zero-order valence-electron chi connectivity index (χ0n) is 6.83. The fourth-order valence-electron chi connectivity index (χ4n) is 0.770. The van der Waals surface area contributed by atoms with Crippen molar-refractivity contribution in [1.29, 1.82) is 0 Å². The summed E-state index contributed by atoms with van der Waals surface area (Å²) in [7, 11) is 0. The fraction of sp³-hybridized carbons (Fsp3) is 0.333. The first kappa shape index (κ1) is 12.2. The molecule has 0 spiro atoms. The third kappa shape index (κ3) is 2.87. The van der Waals surface area contributed by atoms with Gasteiger partial charge in [0.05, 0.1) is 12.1 Å². The molecule has 1 heterocycles. The third-order valence-corrected chi connectivity index (χ3v) is 1.73. The molecule has 0 aliphatic rings. The molecule has 0 atom stereocenters. The summed E-state index contributed by atoms with van der Waals surface area (Å²) in [5.41, 5.74) is 3.16. The summed E-state index contributed by atoms with van der Waals surface area (Å²) >= 11 is 5.60. The first-order valence-corrected chi connectivity index (χ1v) is 3.63. The number of rotatable bonds is 2. The number of hydrogen-bond donors (Lipinski definition) is 2. The number of hydrazine groups is 1. The Morgan fingerprint density at radius 1 is 1.77 bits per heavy atom. The molecular weight excluding hydrogens is 217 g/mol. The van der Waals surface area contributed by atoms with Gasteiger partial charge in [0.25, 0.3) is 0 Å². The first-order valence-electron chi connectivity index (χ1n) is 3.25. The van der Waals surface area contributed by atoms with Crippen LogP contribution in [0, 0.1) is 6.92 Å². The largest absolute Gasteiger partial charge is 0.344 e. The van der Waals surface area contributed by atoms with E-state index < -0.39 is 0 Å². The maximum Gasteiger partial charge on any atom is 0.238 e. The van der Waals surface area contributed by atoms with Gasteiger partial charge in [-0.25, -0.2) is 5.84 Å². The highest BCUT2D eigenvalue weighted by Gasteiger charge is 2.13. The van der Waals surface area contributed by atoms with Gasteiger partial charge in [0, 0.05) is 5.56 Å². The van der Waals surface area contributed by atoms with Crippen molar-refractivity contribution in [2.75, 3.05) is 0 Å². The highest BCUT2D eigenvalue weighted by atomic mass is 35.5. The molecule has 0 unspecified atom stereocenters. The van der Waals surface area contributed by atoms with Crippen molar-refractivity contribution in [3.8, 4) is 0 Å². The van der Waals surface area contributed by atoms with E-state index in [2.05, 4.69) is 9.68 Å². The third-order valence-electron chi connectivity index (χ3n) is 1.44. The predicted molar refractivity (Wildman–Crippen MR) is 49.5 cm³/mol. The van der Waals surface area contributed by atoms with E-state index in [9.17, 15) is 4.79 Å². The van der Waals surface area contributed by atoms with Crippen LogP contribution in [0.1, 0.15) is 11.3 Å². The average molecular weight is 226 g/mol. The normalized spacial score (nSPS) is 9.15. The lowest BCUT2D eigenvalue weighted by Gasteiger charge is -1.96. The summed E-state index contributed by atoms with van der Waals surface area (Å²) in [6.45, 7) is 1.70. The molecule has 0 saturated heterocycles. The van der Waals surface area contributed by atoms with Crippen LogP contribution in [0.5, 0.6) is 0 Å². The summed E-state index contributed by atoms with van der Waals surface area (Å²) < 4.78 is 4.64. The van der Waals surface area contributed by atoms with Gasteiger partial charge in [-0.15, -0.1) is 12.4 Å². The minimum absolute atomic E-state index is 0. The quantitative estimate of drug-likeness (QED) is 0.439. The van der Waals surface area contributed by atoms with Crippen LogP contribution < -0.4 is 11.3 Å². The molecule has 5 nitrogen and oxygen atoms in total. The van der Waals surface area contributed by atoms with Gasteiger partial charge < -0.3 is 4.52 Å². The first-order chi connectivity index (χ1) is 5.65. The molecule has 1 rings (SSSR count). The number of amides is 1. The van der Waals surface area contributed by atoms with Crippen LogP contribution in [0.25, 0.3) is 0 Å². The van der Waals surface area contributed by atoms with Crippen LogP contribution in [0.15, 0.2) is 4.52 Å². The molecule has 0 aromatic carbocycles. The highest BCUT2D eigenvalue weighted by molar-refractivity contribution is 6.29. The SMILES string of the molecule is Cc1noc(Cl)c1CC(=O)NN.Cl. The summed E-state index contributed by atoms with van der Waals surface area (Å²) in [4.78, 5) is 10.8. The highest BCUT2D eigenvalue weighted by Crippen LogP contribution is 2.18. The fourth-order valence-corrected chi connectivity index (χ4v) is 1.01. The Labute approximate surface area is 86.0 Å². The van der Waals surface area contributed by atoms with Gasteiger partial charge in [-0.3, -0.25) is 10.2 Å². The van der Waals surface area contributed by atoms with E-state index in [-0.39, 0.29) is 30.0 Å². The summed E-state index contributed by atoms with van der Waals surface area (Å²) in [6, 6.07) is 0. The zero-order chi connectivity index (χ0) is 9.14. The van der Waals surface area contributed by atoms with Crippen LogP contribution in [0.4, 0.5) is 0 Å². The van der Waals surface area contributed by atoms with Crippen molar-refractivity contribution >= 4 is 29.9 Å². The average Bonchev–Trinajstić information content (AvgIpc) is 2.35. The minimum Gasteiger partial charge on any atom is -0.344 e. The van der Waals surface area contributed by atoms with Crippen LogP contribution in [0.2, 0.25) is 5.22 Å². The molecule has 13 heavy (non-hydrogen) atoms. The molecule has 7 heteroatoms. The molecular formula is C6H9Cl2N3O2. The summed E-state index contributed by atoms with van der Waals surface area (Å²) in [5, 5.41) is 3.71. The molecule has 0 aliphatic heterocycles. The van der Waals surface area contributed by atoms with E-state index in [1.807, 2.05) is 5.43 Å². The number of hydrogen-bond acceptors (Lipinski definition) is 4. The molecule has 1 aromatic rings. The van der Waals surface area contributed by atoms with Gasteiger partial charge in [-0.05, 0) is 18.5 Å². The summed E-state index contributed by atoms with van der Waals surface area (Å²) in [6.07, 6.45) is 0.0880. The maximum absolute atomic E-state index is 10.8. The molecule has 0 fully saturated rings. The zero-order valence-corrected chi connectivity index (χ0v) is 8.41. The number of nitrogens with zero attached hydrogens (tertiary/aromatic N) is 1. The van der Waals surface area contributed by atoms with E-state index in [0.29, 0.717) is 11.3 Å². The number of carbonyl (C=O) groups excluding carboxylic acids is 1. The molecule has 3 N–H and O–H groups in total. The maximum atomic E-state index is 10.8. The lowest BCUT2D eigenvalue weighted by Crippen LogP contribution is -2.31. The van der Waals surface area contributed by atoms with Crippen LogP contribution in [0.3, 0.4) is 0 Å². The number of aryl methyl sites for hydroxylation is 1. The van der Waals surface area contributed by atoms with Gasteiger partial charge in [-0.1, -0.05) is 5.16 Å². The molecule has 74 valence electrons. The van der Waals surface area contributed by atoms with Crippen LogP contribution in [-0.2, 0) is 11.2 Å². The van der Waals surface area contributed by atoms with Crippen molar-refractivity contribution in [3.05, 3.63) is 16.5 Å². The van der Waals surface area contributed by atoms with Crippen LogP contribution in [-0.4, -0.2) is 11.1 Å². The Kier molecular flexibility index (Phi) is 4.76. The van der Waals surface area contributed by atoms with Crippen LogP contribution >= 0.6 is 24.0 Å². The topological polar surface area (TPSA) is 81.2 Å². The van der Waals surface area contributed by atoms with E-state index in [4.69, 9.17) is 17.4 Å². The van der Waals surface area contributed by atoms with Gasteiger partial charge in [0.2, 0.25) is 11.1 Å². The molecule has 0 radical (unpaired) electrons. The standard InChI is InChI=1S/C6H8ClN3O2.ClH/c1-3-4(2-5(11)9-8)6(7)12-10-3;/h2,8H2,1H3,(H,9,11);1H. The lowest BCUT2D eigenvalue weighted by molar-refractivity contribution is -0.120. The van der Waals surface area contributed by atoms with E-state index in [0.717, 1.165) is 0 Å². The molecule has 1 amide bonds. The molecule has 0 aliphatic carbocycles. The molecule has 0 bridgehead atoms. The monoisotopic (exact) mass is 225 g/mol. The second-order valence-corrected chi connectivity index (χ2v) is 2.61. The van der Waals surface area contributed by atoms with E-state index in [1.165, 1.54) is 0 Å². The second-order valence-electron chi connectivity index (χ2n) is 2.26. The van der Waals surface area contributed by atoms with Gasteiger partial charge in [0.15, 0.2) is 0 Å². The van der Waals surface area contributed by atoms with Crippen molar-refractivity contribution in [2.24, 2.45) is 5.84 Å². The van der Waals surface area contributed by atoms with Crippen molar-refractivity contribution in [3.63, 3.8) is 0 Å². The summed E-state index contributed by atoms with van der Waals surface area (Å²) in [5.74, 6) is 4.56. The number of nitrogens with one attached hydrogen (secondary N) is 1. The number of carbonyl (C=O) groups is 1. The van der Waals surface area contributed by atoms with Crippen molar-refractivity contribution in [1.82, 2.24) is 10.6 Å². The van der Waals surface area contributed by atoms with E-state index in [1.54, 1.807) is 6.92 Å². The van der Waals surface area contributed by atoms with Gasteiger partial charge >= 0.3 is 0 Å². The Morgan fingerprint density at radius 2 is 2.38 bits per heavy atom.